The molecule has 1 aromatic rings. The number of carbonyl (C=O) groups is 1. The highest BCUT2D eigenvalue weighted by Gasteiger charge is 2.37. The van der Waals surface area contributed by atoms with E-state index >= 15 is 0 Å². The Labute approximate surface area is 102 Å². The van der Waals surface area contributed by atoms with E-state index in [1.54, 1.807) is 6.07 Å². The molecular formula is C12H13BrFNO. The summed E-state index contributed by atoms with van der Waals surface area (Å²) < 4.78 is 13.4. The van der Waals surface area contributed by atoms with E-state index in [2.05, 4.69) is 28.2 Å². The first-order valence-electron chi connectivity index (χ1n) is 5.24. The third-order valence-electron chi connectivity index (χ3n) is 2.98. The van der Waals surface area contributed by atoms with E-state index < -0.39 is 5.82 Å². The monoisotopic (exact) mass is 285 g/mol. The highest BCUT2D eigenvalue weighted by molar-refractivity contribution is 9.10. The van der Waals surface area contributed by atoms with Gasteiger partial charge in [-0.05, 0) is 46.3 Å². The molecule has 0 saturated heterocycles. The summed E-state index contributed by atoms with van der Waals surface area (Å²) in [5.74, 6) is -0.634. The summed E-state index contributed by atoms with van der Waals surface area (Å²) in [5.41, 5.74) is 0.611. The van der Waals surface area contributed by atoms with Crippen LogP contribution < -0.4 is 5.32 Å². The van der Waals surface area contributed by atoms with Crippen LogP contribution >= 0.6 is 15.9 Å². The summed E-state index contributed by atoms with van der Waals surface area (Å²) in [4.78, 5) is 11.8. The van der Waals surface area contributed by atoms with E-state index in [9.17, 15) is 9.18 Å². The van der Waals surface area contributed by atoms with E-state index in [1.165, 1.54) is 12.1 Å². The molecule has 2 nitrogen and oxygen atoms in total. The number of halogens is 2. The van der Waals surface area contributed by atoms with Crippen LogP contribution in [0, 0.1) is 11.2 Å². The summed E-state index contributed by atoms with van der Waals surface area (Å²) in [5, 5.41) is 2.83. The summed E-state index contributed by atoms with van der Waals surface area (Å²) in [6.45, 7) is 2.79. The van der Waals surface area contributed by atoms with Gasteiger partial charge in [0.1, 0.15) is 5.82 Å². The largest absolute Gasteiger partial charge is 0.351 e. The molecular weight excluding hydrogens is 273 g/mol. The van der Waals surface area contributed by atoms with Gasteiger partial charge in [-0.3, -0.25) is 4.79 Å². The minimum Gasteiger partial charge on any atom is -0.351 e. The number of hydrogen-bond donors (Lipinski definition) is 1. The fourth-order valence-electron chi connectivity index (χ4n) is 1.46. The fraction of sp³-hybridized carbons (Fsp3) is 0.417. The molecule has 4 heteroatoms. The first-order chi connectivity index (χ1) is 7.52. The maximum absolute atomic E-state index is 13.2. The molecule has 0 unspecified atom stereocenters. The van der Waals surface area contributed by atoms with Crippen LogP contribution in [0.5, 0.6) is 0 Å². The van der Waals surface area contributed by atoms with Gasteiger partial charge in [0, 0.05) is 6.54 Å². The van der Waals surface area contributed by atoms with Gasteiger partial charge < -0.3 is 5.32 Å². The Morgan fingerprint density at radius 1 is 1.56 bits per heavy atom. The number of rotatable bonds is 3. The lowest BCUT2D eigenvalue weighted by atomic mass is 10.1. The molecule has 86 valence electrons. The second-order valence-corrected chi connectivity index (χ2v) is 5.39. The molecule has 1 aliphatic carbocycles. The fourth-order valence-corrected chi connectivity index (χ4v) is 1.90. The predicted octanol–water partition coefficient (Wildman–Crippen LogP) is 3.12. The van der Waals surface area contributed by atoms with Crippen LogP contribution in [-0.2, 0) is 0 Å². The maximum Gasteiger partial charge on any atom is 0.252 e. The minimum absolute atomic E-state index is 0.223. The van der Waals surface area contributed by atoms with Gasteiger partial charge in [0.25, 0.3) is 5.91 Å². The zero-order valence-electron chi connectivity index (χ0n) is 9.02. The van der Waals surface area contributed by atoms with Crippen molar-refractivity contribution in [2.45, 2.75) is 19.8 Å². The van der Waals surface area contributed by atoms with Gasteiger partial charge in [-0.15, -0.1) is 0 Å². The molecule has 0 bridgehead atoms. The zero-order valence-corrected chi connectivity index (χ0v) is 10.6. The molecule has 1 aliphatic rings. The standard InChI is InChI=1S/C12H13BrFNO/c1-12(5-6-12)7-15-11(16)8-3-2-4-9(14)10(8)13/h2-4H,5-7H2,1H3,(H,15,16). The molecule has 16 heavy (non-hydrogen) atoms. The molecule has 2 rings (SSSR count). The van der Waals surface area contributed by atoms with Gasteiger partial charge in [0.2, 0.25) is 0 Å². The van der Waals surface area contributed by atoms with Crippen LogP contribution in [0.25, 0.3) is 0 Å². The van der Waals surface area contributed by atoms with Crippen molar-refractivity contribution in [3.63, 3.8) is 0 Å². The second-order valence-electron chi connectivity index (χ2n) is 4.59. The van der Waals surface area contributed by atoms with E-state index in [0.717, 1.165) is 12.8 Å². The molecule has 0 heterocycles. The topological polar surface area (TPSA) is 29.1 Å². The van der Waals surface area contributed by atoms with Crippen LogP contribution in [-0.4, -0.2) is 12.5 Å². The summed E-state index contributed by atoms with van der Waals surface area (Å²) in [6.07, 6.45) is 2.30. The zero-order chi connectivity index (χ0) is 11.8. The SMILES string of the molecule is CC1(CNC(=O)c2cccc(F)c2Br)CC1. The summed E-state index contributed by atoms with van der Waals surface area (Å²) >= 11 is 3.08. The molecule has 1 N–H and O–H groups in total. The van der Waals surface area contributed by atoms with Crippen molar-refractivity contribution in [1.82, 2.24) is 5.32 Å². The Hall–Kier alpha value is -0.900. The molecule has 0 aromatic heterocycles. The Bertz CT molecular complexity index is 429. The lowest BCUT2D eigenvalue weighted by Gasteiger charge is -2.11. The third-order valence-corrected chi connectivity index (χ3v) is 3.78. The van der Waals surface area contributed by atoms with Gasteiger partial charge in [-0.2, -0.15) is 0 Å². The van der Waals surface area contributed by atoms with Crippen molar-refractivity contribution in [1.29, 1.82) is 0 Å². The van der Waals surface area contributed by atoms with Crippen LogP contribution in [0.3, 0.4) is 0 Å². The van der Waals surface area contributed by atoms with Gasteiger partial charge >= 0.3 is 0 Å². The second kappa shape index (κ2) is 4.17. The molecule has 1 aromatic carbocycles. The van der Waals surface area contributed by atoms with E-state index in [4.69, 9.17) is 0 Å². The van der Waals surface area contributed by atoms with Gasteiger partial charge in [-0.25, -0.2) is 4.39 Å². The van der Waals surface area contributed by atoms with Crippen molar-refractivity contribution in [2.24, 2.45) is 5.41 Å². The van der Waals surface area contributed by atoms with Crippen molar-refractivity contribution in [2.75, 3.05) is 6.54 Å². The van der Waals surface area contributed by atoms with Crippen LogP contribution in [0.2, 0.25) is 0 Å². The van der Waals surface area contributed by atoms with Crippen LogP contribution in [0.1, 0.15) is 30.1 Å². The third kappa shape index (κ3) is 2.43. The van der Waals surface area contributed by atoms with E-state index in [1.807, 2.05) is 0 Å². The summed E-state index contributed by atoms with van der Waals surface area (Å²) in [7, 11) is 0. The quantitative estimate of drug-likeness (QED) is 0.908. The van der Waals surface area contributed by atoms with E-state index in [-0.39, 0.29) is 15.8 Å². The molecule has 0 spiro atoms. The average molecular weight is 286 g/mol. The number of benzene rings is 1. The van der Waals surface area contributed by atoms with Crippen LogP contribution in [0.15, 0.2) is 22.7 Å². The minimum atomic E-state index is -0.412. The predicted molar refractivity (Wildman–Crippen MR) is 63.8 cm³/mol. The Kier molecular flexibility index (Phi) is 3.02. The number of hydrogen-bond acceptors (Lipinski definition) is 1. The Balaban J connectivity index is 2.05. The first kappa shape index (κ1) is 11.6. The normalized spacial score (nSPS) is 16.9. The van der Waals surface area contributed by atoms with Crippen molar-refractivity contribution in [3.8, 4) is 0 Å². The average Bonchev–Trinajstić information content (AvgIpc) is 2.98. The molecule has 1 saturated carbocycles. The lowest BCUT2D eigenvalue weighted by molar-refractivity contribution is 0.0945. The molecule has 1 amide bonds. The Morgan fingerprint density at radius 2 is 2.25 bits per heavy atom. The highest BCUT2D eigenvalue weighted by atomic mass is 79.9. The lowest BCUT2D eigenvalue weighted by Crippen LogP contribution is -2.29. The van der Waals surface area contributed by atoms with Gasteiger partial charge in [0.05, 0.1) is 10.0 Å². The van der Waals surface area contributed by atoms with Gasteiger partial charge in [-0.1, -0.05) is 13.0 Å². The van der Waals surface area contributed by atoms with Crippen molar-refractivity contribution >= 4 is 21.8 Å². The van der Waals surface area contributed by atoms with Gasteiger partial charge in [0.15, 0.2) is 0 Å². The number of carbonyl (C=O) groups excluding carboxylic acids is 1. The van der Waals surface area contributed by atoms with Crippen molar-refractivity contribution in [3.05, 3.63) is 34.1 Å². The number of amides is 1. The molecule has 0 atom stereocenters. The maximum atomic E-state index is 13.2. The first-order valence-corrected chi connectivity index (χ1v) is 6.03. The number of nitrogens with one attached hydrogen (secondary N) is 1. The smallest absolute Gasteiger partial charge is 0.252 e. The van der Waals surface area contributed by atoms with E-state index in [0.29, 0.717) is 12.1 Å². The van der Waals surface area contributed by atoms with Crippen LogP contribution in [0.4, 0.5) is 4.39 Å². The molecule has 1 fully saturated rings. The molecule has 0 aliphatic heterocycles. The Morgan fingerprint density at radius 3 is 2.88 bits per heavy atom. The van der Waals surface area contributed by atoms with Crippen molar-refractivity contribution < 1.29 is 9.18 Å². The highest BCUT2D eigenvalue weighted by Crippen LogP contribution is 2.44. The summed E-state index contributed by atoms with van der Waals surface area (Å²) in [6, 6.07) is 4.47. The molecule has 0 radical (unpaired) electrons.